The molecular weight excluding hydrogens is 328 g/mol. The Morgan fingerprint density at radius 1 is 1.48 bits per heavy atom. The fraction of sp³-hybridized carbons (Fsp3) is 0.462. The quantitative estimate of drug-likeness (QED) is 0.605. The molecule has 0 aromatic heterocycles. The third-order valence-electron chi connectivity index (χ3n) is 3.09. The zero-order valence-corrected chi connectivity index (χ0v) is 14.0. The maximum absolute atomic E-state index is 12.1. The van der Waals surface area contributed by atoms with Crippen molar-refractivity contribution < 1.29 is 14.7 Å². The second kappa shape index (κ2) is 7.33. The van der Waals surface area contributed by atoms with Crippen LogP contribution in [0.15, 0.2) is 22.1 Å². The molecule has 0 aliphatic carbocycles. The highest BCUT2D eigenvalue weighted by molar-refractivity contribution is 8.26. The lowest BCUT2D eigenvalue weighted by Crippen LogP contribution is -2.27. The molecular formula is C13H16N2O3S3. The summed E-state index contributed by atoms with van der Waals surface area (Å²) in [4.78, 5) is 27.0. The van der Waals surface area contributed by atoms with Crippen molar-refractivity contribution in [3.63, 3.8) is 0 Å². The van der Waals surface area contributed by atoms with Crippen LogP contribution >= 0.6 is 35.7 Å². The summed E-state index contributed by atoms with van der Waals surface area (Å²) in [5.74, 6) is 0.0920. The third kappa shape index (κ3) is 4.02. The lowest BCUT2D eigenvalue weighted by atomic mass is 10.3. The Hall–Kier alpha value is -0.990. The van der Waals surface area contributed by atoms with E-state index in [-0.39, 0.29) is 12.3 Å². The molecule has 0 unspecified atom stereocenters. The largest absolute Gasteiger partial charge is 0.481 e. The van der Waals surface area contributed by atoms with Crippen LogP contribution in [0.3, 0.4) is 0 Å². The predicted octanol–water partition coefficient (Wildman–Crippen LogP) is 2.12. The van der Waals surface area contributed by atoms with Gasteiger partial charge in [-0.2, -0.15) is 0 Å². The van der Waals surface area contributed by atoms with Crippen LogP contribution in [0.1, 0.15) is 13.3 Å². The summed E-state index contributed by atoms with van der Waals surface area (Å²) < 4.78 is 0.592. The van der Waals surface area contributed by atoms with Gasteiger partial charge in [-0.15, -0.1) is 11.8 Å². The van der Waals surface area contributed by atoms with Gasteiger partial charge in [0.2, 0.25) is 0 Å². The van der Waals surface area contributed by atoms with E-state index in [1.54, 1.807) is 22.7 Å². The molecule has 0 radical (unpaired) electrons. The van der Waals surface area contributed by atoms with Gasteiger partial charge in [0.05, 0.1) is 16.4 Å². The van der Waals surface area contributed by atoms with Gasteiger partial charge in [-0.05, 0) is 19.1 Å². The number of hydrogen-bond acceptors (Lipinski definition) is 6. The van der Waals surface area contributed by atoms with E-state index < -0.39 is 5.97 Å². The lowest BCUT2D eigenvalue weighted by Gasteiger charge is -2.17. The van der Waals surface area contributed by atoms with Gasteiger partial charge < -0.3 is 10.0 Å². The van der Waals surface area contributed by atoms with Crippen molar-refractivity contribution in [2.45, 2.75) is 13.3 Å². The zero-order valence-electron chi connectivity index (χ0n) is 11.6. The molecule has 2 rings (SSSR count). The molecule has 1 amide bonds. The maximum atomic E-state index is 12.1. The van der Waals surface area contributed by atoms with Crippen LogP contribution in [0.25, 0.3) is 0 Å². The van der Waals surface area contributed by atoms with Crippen LogP contribution in [0.4, 0.5) is 0 Å². The molecule has 0 bridgehead atoms. The Balaban J connectivity index is 2.05. The number of nitrogens with zero attached hydrogens (tertiary/aromatic N) is 2. The van der Waals surface area contributed by atoms with Gasteiger partial charge in [-0.25, -0.2) is 0 Å². The summed E-state index contributed by atoms with van der Waals surface area (Å²) in [6.07, 6.45) is 3.80. The van der Waals surface area contributed by atoms with E-state index in [0.717, 1.165) is 17.3 Å². The maximum Gasteiger partial charge on any atom is 0.305 e. The van der Waals surface area contributed by atoms with Gasteiger partial charge in [0, 0.05) is 25.4 Å². The molecule has 2 aliphatic heterocycles. The number of rotatable bonds is 5. The highest BCUT2D eigenvalue weighted by atomic mass is 32.2. The molecule has 21 heavy (non-hydrogen) atoms. The third-order valence-corrected chi connectivity index (χ3v) is 5.56. The van der Waals surface area contributed by atoms with Crippen LogP contribution in [-0.2, 0) is 9.59 Å². The SMILES string of the molecule is CCN1C(=O)C(=CC=C2SCCN2CCC(=O)O)SC1=S. The molecule has 1 N–H and O–H groups in total. The van der Waals surface area contributed by atoms with Crippen LogP contribution in [0, 0.1) is 0 Å². The fourth-order valence-corrected chi connectivity index (χ4v) is 4.38. The highest BCUT2D eigenvalue weighted by Crippen LogP contribution is 2.32. The van der Waals surface area contributed by atoms with E-state index in [1.165, 1.54) is 11.8 Å². The first kappa shape index (κ1) is 16.4. The Labute approximate surface area is 137 Å². The highest BCUT2D eigenvalue weighted by Gasteiger charge is 2.30. The minimum Gasteiger partial charge on any atom is -0.481 e. The van der Waals surface area contributed by atoms with Crippen molar-refractivity contribution in [1.82, 2.24) is 9.80 Å². The summed E-state index contributed by atoms with van der Waals surface area (Å²) in [6.45, 7) is 3.82. The summed E-state index contributed by atoms with van der Waals surface area (Å²) in [5.41, 5.74) is 0. The molecule has 0 spiro atoms. The summed E-state index contributed by atoms with van der Waals surface area (Å²) in [6, 6.07) is 0. The Bertz CT molecular complexity index is 531. The second-order valence-electron chi connectivity index (χ2n) is 4.43. The molecule has 2 aliphatic rings. The number of carbonyl (C=O) groups excluding carboxylic acids is 1. The normalized spacial score (nSPS) is 22.9. The number of likely N-dealkylation sites (N-methyl/N-ethyl adjacent to an activating group) is 1. The van der Waals surface area contributed by atoms with Crippen molar-refractivity contribution in [2.75, 3.05) is 25.4 Å². The van der Waals surface area contributed by atoms with Crippen molar-refractivity contribution in [2.24, 2.45) is 0 Å². The molecule has 0 aromatic carbocycles. The molecule has 2 saturated heterocycles. The second-order valence-corrected chi connectivity index (χ2v) is 7.22. The number of allylic oxidation sites excluding steroid dienone is 2. The Morgan fingerprint density at radius 3 is 2.86 bits per heavy atom. The van der Waals surface area contributed by atoms with Gasteiger partial charge in [0.1, 0.15) is 4.32 Å². The summed E-state index contributed by atoms with van der Waals surface area (Å²) in [7, 11) is 0. The van der Waals surface area contributed by atoms with Crippen molar-refractivity contribution in [3.05, 3.63) is 22.1 Å². The minimum atomic E-state index is -0.796. The number of thiocarbonyl (C=S) groups is 1. The van der Waals surface area contributed by atoms with E-state index in [2.05, 4.69) is 0 Å². The average molecular weight is 344 g/mol. The zero-order chi connectivity index (χ0) is 15.4. The molecule has 0 saturated carbocycles. The van der Waals surface area contributed by atoms with Gasteiger partial charge in [-0.3, -0.25) is 14.5 Å². The van der Waals surface area contributed by atoms with Gasteiger partial charge in [-0.1, -0.05) is 24.0 Å². The van der Waals surface area contributed by atoms with E-state index in [9.17, 15) is 9.59 Å². The number of amides is 1. The summed E-state index contributed by atoms with van der Waals surface area (Å²) in [5, 5.41) is 9.76. The Morgan fingerprint density at radius 2 is 2.24 bits per heavy atom. The first-order chi connectivity index (χ1) is 10.0. The number of thioether (sulfide) groups is 2. The van der Waals surface area contributed by atoms with E-state index >= 15 is 0 Å². The van der Waals surface area contributed by atoms with Crippen molar-refractivity contribution in [3.8, 4) is 0 Å². The fourth-order valence-electron chi connectivity index (χ4n) is 2.00. The van der Waals surface area contributed by atoms with Gasteiger partial charge in [0.15, 0.2) is 0 Å². The monoisotopic (exact) mass is 344 g/mol. The average Bonchev–Trinajstić information content (AvgIpc) is 2.98. The van der Waals surface area contributed by atoms with Crippen molar-refractivity contribution >= 4 is 51.9 Å². The molecule has 2 heterocycles. The number of carboxylic acid groups (broad SMARTS) is 1. The van der Waals surface area contributed by atoms with Crippen LogP contribution < -0.4 is 0 Å². The van der Waals surface area contributed by atoms with E-state index in [1.807, 2.05) is 17.9 Å². The first-order valence-electron chi connectivity index (χ1n) is 6.58. The van der Waals surface area contributed by atoms with Gasteiger partial charge >= 0.3 is 5.97 Å². The predicted molar refractivity (Wildman–Crippen MR) is 90.0 cm³/mol. The number of carbonyl (C=O) groups is 2. The number of carboxylic acids is 1. The molecule has 114 valence electrons. The van der Waals surface area contributed by atoms with E-state index in [4.69, 9.17) is 17.3 Å². The molecule has 5 nitrogen and oxygen atoms in total. The number of aliphatic carboxylic acids is 1. The first-order valence-corrected chi connectivity index (χ1v) is 8.79. The lowest BCUT2D eigenvalue weighted by molar-refractivity contribution is -0.137. The molecule has 0 aromatic rings. The van der Waals surface area contributed by atoms with E-state index in [0.29, 0.717) is 22.3 Å². The van der Waals surface area contributed by atoms with Gasteiger partial charge in [0.25, 0.3) is 5.91 Å². The minimum absolute atomic E-state index is 0.0515. The molecule has 0 atom stereocenters. The van der Waals surface area contributed by atoms with Crippen molar-refractivity contribution in [1.29, 1.82) is 0 Å². The molecule has 8 heteroatoms. The van der Waals surface area contributed by atoms with Crippen LogP contribution in [0.2, 0.25) is 0 Å². The van der Waals surface area contributed by atoms with Crippen LogP contribution in [0.5, 0.6) is 0 Å². The molecule has 2 fully saturated rings. The summed E-state index contributed by atoms with van der Waals surface area (Å²) >= 11 is 8.15. The van der Waals surface area contributed by atoms with Crippen LogP contribution in [-0.4, -0.2) is 56.5 Å². The smallest absolute Gasteiger partial charge is 0.305 e. The number of hydrogen-bond donors (Lipinski definition) is 1. The topological polar surface area (TPSA) is 60.9 Å². The Kier molecular flexibility index (Phi) is 5.72. The standard InChI is InChI=1S/C13H16N2O3S3/c1-2-15-12(18)9(21-13(15)19)3-4-10-14(7-8-20-10)6-5-11(16)17/h3-4H,2,5-8H2,1H3,(H,16,17).